The standard InChI is InChI=1S/C13H11ClO2/c1-2-16-13(15)9-4-3-6-11-7-5-8-12(14)10-11/h4-5,7-10H,2H2,1H3/b9-4-. The van der Waals surface area contributed by atoms with Crippen molar-refractivity contribution >= 4 is 17.6 Å². The van der Waals surface area contributed by atoms with E-state index >= 15 is 0 Å². The van der Waals surface area contributed by atoms with Crippen molar-refractivity contribution < 1.29 is 9.53 Å². The van der Waals surface area contributed by atoms with E-state index in [0.29, 0.717) is 11.6 Å². The lowest BCUT2D eigenvalue weighted by Gasteiger charge is -1.92. The van der Waals surface area contributed by atoms with Gasteiger partial charge in [-0.15, -0.1) is 0 Å². The summed E-state index contributed by atoms with van der Waals surface area (Å²) in [7, 11) is 0. The monoisotopic (exact) mass is 234 g/mol. The Bertz CT molecular complexity index is 452. The molecule has 0 aliphatic rings. The van der Waals surface area contributed by atoms with Gasteiger partial charge in [-0.25, -0.2) is 4.79 Å². The van der Waals surface area contributed by atoms with E-state index in [-0.39, 0.29) is 5.97 Å². The van der Waals surface area contributed by atoms with E-state index in [1.807, 2.05) is 12.1 Å². The highest BCUT2D eigenvalue weighted by atomic mass is 35.5. The third kappa shape index (κ3) is 4.68. The van der Waals surface area contributed by atoms with Crippen molar-refractivity contribution in [2.24, 2.45) is 0 Å². The fraction of sp³-hybridized carbons (Fsp3) is 0.154. The highest BCUT2D eigenvalue weighted by Gasteiger charge is 1.90. The predicted molar refractivity (Wildman–Crippen MR) is 64.1 cm³/mol. The number of carbonyl (C=O) groups is 1. The molecule has 1 aromatic carbocycles. The Hall–Kier alpha value is -1.72. The van der Waals surface area contributed by atoms with E-state index in [2.05, 4.69) is 11.8 Å². The molecular weight excluding hydrogens is 224 g/mol. The Labute approximate surface area is 99.9 Å². The molecule has 82 valence electrons. The first-order valence-electron chi connectivity index (χ1n) is 4.83. The number of carbonyl (C=O) groups excluding carboxylic acids is 1. The fourth-order valence-electron chi connectivity index (χ4n) is 0.991. The van der Waals surface area contributed by atoms with Gasteiger partial charge in [0.2, 0.25) is 0 Å². The molecule has 1 aromatic rings. The number of allylic oxidation sites excluding steroid dienone is 1. The van der Waals surface area contributed by atoms with Crippen LogP contribution in [0.25, 0.3) is 0 Å². The maximum absolute atomic E-state index is 10.9. The zero-order chi connectivity index (χ0) is 11.8. The van der Waals surface area contributed by atoms with Crippen LogP contribution in [0.2, 0.25) is 5.02 Å². The van der Waals surface area contributed by atoms with E-state index in [9.17, 15) is 4.79 Å². The minimum atomic E-state index is -0.386. The third-order valence-corrected chi connectivity index (χ3v) is 1.87. The van der Waals surface area contributed by atoms with Crippen molar-refractivity contribution in [3.63, 3.8) is 0 Å². The van der Waals surface area contributed by atoms with Gasteiger partial charge in [-0.3, -0.25) is 0 Å². The minimum absolute atomic E-state index is 0.366. The summed E-state index contributed by atoms with van der Waals surface area (Å²) in [4.78, 5) is 10.9. The van der Waals surface area contributed by atoms with E-state index in [1.54, 1.807) is 19.1 Å². The zero-order valence-corrected chi connectivity index (χ0v) is 9.62. The van der Waals surface area contributed by atoms with Crippen LogP contribution in [0.5, 0.6) is 0 Å². The molecule has 1 rings (SSSR count). The van der Waals surface area contributed by atoms with Crippen LogP contribution in [0.1, 0.15) is 12.5 Å². The Morgan fingerprint density at radius 1 is 1.56 bits per heavy atom. The molecule has 0 aromatic heterocycles. The van der Waals surface area contributed by atoms with E-state index in [1.165, 1.54) is 12.2 Å². The summed E-state index contributed by atoms with van der Waals surface area (Å²) in [6.45, 7) is 2.12. The molecule has 0 aliphatic heterocycles. The van der Waals surface area contributed by atoms with Gasteiger partial charge in [0.05, 0.1) is 6.61 Å². The number of hydrogen-bond donors (Lipinski definition) is 0. The number of hydrogen-bond acceptors (Lipinski definition) is 2. The lowest BCUT2D eigenvalue weighted by Crippen LogP contribution is -1.98. The molecule has 0 saturated heterocycles. The quantitative estimate of drug-likeness (QED) is 0.447. The molecule has 0 fully saturated rings. The SMILES string of the molecule is CCOC(=O)/C=C\C#Cc1cccc(Cl)c1. The van der Waals surface area contributed by atoms with Gasteiger partial charge >= 0.3 is 5.97 Å². The molecule has 0 aliphatic carbocycles. The highest BCUT2D eigenvalue weighted by Crippen LogP contribution is 2.09. The lowest BCUT2D eigenvalue weighted by atomic mass is 10.2. The first-order chi connectivity index (χ1) is 7.72. The highest BCUT2D eigenvalue weighted by molar-refractivity contribution is 6.30. The maximum atomic E-state index is 10.9. The van der Waals surface area contributed by atoms with Gasteiger partial charge in [0.15, 0.2) is 0 Å². The molecular formula is C13H11ClO2. The molecule has 3 heteroatoms. The number of halogens is 1. The third-order valence-electron chi connectivity index (χ3n) is 1.63. The number of ether oxygens (including phenoxy) is 1. The number of rotatable bonds is 2. The van der Waals surface area contributed by atoms with Gasteiger partial charge in [-0.2, -0.15) is 0 Å². The van der Waals surface area contributed by atoms with Gasteiger partial charge in [0.1, 0.15) is 0 Å². The average molecular weight is 235 g/mol. The Kier molecular flexibility index (Phi) is 5.18. The van der Waals surface area contributed by atoms with Crippen LogP contribution in [0.4, 0.5) is 0 Å². The van der Waals surface area contributed by atoms with Crippen LogP contribution in [0.15, 0.2) is 36.4 Å². The molecule has 0 unspecified atom stereocenters. The summed E-state index contributed by atoms with van der Waals surface area (Å²) >= 11 is 5.79. The summed E-state index contributed by atoms with van der Waals surface area (Å²) in [6.07, 6.45) is 2.75. The fourth-order valence-corrected chi connectivity index (χ4v) is 1.18. The number of esters is 1. The van der Waals surface area contributed by atoms with Gasteiger partial charge < -0.3 is 4.74 Å². The summed E-state index contributed by atoms with van der Waals surface area (Å²) in [5, 5.41) is 0.640. The smallest absolute Gasteiger partial charge is 0.331 e. The van der Waals surface area contributed by atoms with Crippen LogP contribution in [0.3, 0.4) is 0 Å². The van der Waals surface area contributed by atoms with Crippen molar-refractivity contribution in [1.82, 2.24) is 0 Å². The summed E-state index contributed by atoms with van der Waals surface area (Å²) in [5.41, 5.74) is 0.806. The molecule has 2 nitrogen and oxygen atoms in total. The normalized spacial score (nSPS) is 9.62. The first-order valence-corrected chi connectivity index (χ1v) is 5.20. The predicted octanol–water partition coefficient (Wildman–Crippen LogP) is 2.81. The lowest BCUT2D eigenvalue weighted by molar-refractivity contribution is -0.137. The topological polar surface area (TPSA) is 26.3 Å². The van der Waals surface area contributed by atoms with E-state index < -0.39 is 0 Å². The minimum Gasteiger partial charge on any atom is -0.463 e. The van der Waals surface area contributed by atoms with Crippen LogP contribution in [0, 0.1) is 11.8 Å². The first kappa shape index (κ1) is 12.4. The molecule has 0 saturated carbocycles. The van der Waals surface area contributed by atoms with Crippen molar-refractivity contribution in [2.75, 3.05) is 6.61 Å². The molecule has 0 spiro atoms. The molecule has 0 amide bonds. The second kappa shape index (κ2) is 6.71. The zero-order valence-electron chi connectivity index (χ0n) is 8.87. The number of benzene rings is 1. The van der Waals surface area contributed by atoms with Crippen molar-refractivity contribution in [3.05, 3.63) is 47.0 Å². The van der Waals surface area contributed by atoms with Crippen LogP contribution in [-0.2, 0) is 9.53 Å². The van der Waals surface area contributed by atoms with Crippen LogP contribution in [-0.4, -0.2) is 12.6 Å². The molecule has 0 N–H and O–H groups in total. The van der Waals surface area contributed by atoms with Crippen LogP contribution >= 0.6 is 11.6 Å². The Morgan fingerprint density at radius 2 is 2.38 bits per heavy atom. The molecule has 0 heterocycles. The molecule has 0 radical (unpaired) electrons. The summed E-state index contributed by atoms with van der Waals surface area (Å²) < 4.78 is 4.70. The van der Waals surface area contributed by atoms with E-state index in [0.717, 1.165) is 5.56 Å². The van der Waals surface area contributed by atoms with E-state index in [4.69, 9.17) is 16.3 Å². The van der Waals surface area contributed by atoms with Gasteiger partial charge in [0, 0.05) is 16.7 Å². The summed E-state index contributed by atoms with van der Waals surface area (Å²) in [6, 6.07) is 7.20. The van der Waals surface area contributed by atoms with Gasteiger partial charge in [-0.1, -0.05) is 29.5 Å². The van der Waals surface area contributed by atoms with Crippen molar-refractivity contribution in [1.29, 1.82) is 0 Å². The Balaban J connectivity index is 2.59. The molecule has 0 bridgehead atoms. The van der Waals surface area contributed by atoms with Gasteiger partial charge in [0.25, 0.3) is 0 Å². The summed E-state index contributed by atoms with van der Waals surface area (Å²) in [5.74, 6) is 5.20. The molecule has 16 heavy (non-hydrogen) atoms. The van der Waals surface area contributed by atoms with Crippen LogP contribution < -0.4 is 0 Å². The largest absolute Gasteiger partial charge is 0.463 e. The maximum Gasteiger partial charge on any atom is 0.331 e. The average Bonchev–Trinajstić information content (AvgIpc) is 2.25. The molecule has 0 atom stereocenters. The second-order valence-electron chi connectivity index (χ2n) is 2.87. The van der Waals surface area contributed by atoms with Crippen molar-refractivity contribution in [2.45, 2.75) is 6.92 Å². The van der Waals surface area contributed by atoms with Gasteiger partial charge in [-0.05, 0) is 31.2 Å². The Morgan fingerprint density at radius 3 is 3.06 bits per heavy atom. The van der Waals surface area contributed by atoms with Crippen molar-refractivity contribution in [3.8, 4) is 11.8 Å². The second-order valence-corrected chi connectivity index (χ2v) is 3.30.